The number of rotatable bonds is 2. The standard InChI is InChI=1S/C20H28N2O3/c1-14-10-16-2-6-22(20(23)15-3-7-24-8-4-15)12-18(16)17(11-14)19-13-25-9-5-21-19/h10-11,15,19,21H,2-9,12-13H2,1H3/t19-/m0/s1. The maximum Gasteiger partial charge on any atom is 0.226 e. The molecule has 3 heterocycles. The number of nitrogens with zero attached hydrogens (tertiary/aromatic N) is 1. The van der Waals surface area contributed by atoms with E-state index in [1.54, 1.807) is 0 Å². The van der Waals surface area contributed by atoms with Gasteiger partial charge in [-0.3, -0.25) is 4.79 Å². The molecule has 2 saturated heterocycles. The number of benzene rings is 1. The molecule has 0 spiro atoms. The topological polar surface area (TPSA) is 50.8 Å². The van der Waals surface area contributed by atoms with E-state index >= 15 is 0 Å². The molecule has 1 amide bonds. The highest BCUT2D eigenvalue weighted by atomic mass is 16.5. The number of hydrogen-bond acceptors (Lipinski definition) is 4. The molecule has 1 atom stereocenters. The summed E-state index contributed by atoms with van der Waals surface area (Å²) in [5.41, 5.74) is 5.35. The zero-order valence-electron chi connectivity index (χ0n) is 15.1. The van der Waals surface area contributed by atoms with E-state index in [0.717, 1.165) is 45.5 Å². The highest BCUT2D eigenvalue weighted by Gasteiger charge is 2.31. The van der Waals surface area contributed by atoms with Crippen molar-refractivity contribution in [3.8, 4) is 0 Å². The van der Waals surface area contributed by atoms with Crippen LogP contribution in [0.3, 0.4) is 0 Å². The van der Waals surface area contributed by atoms with E-state index in [-0.39, 0.29) is 12.0 Å². The second-order valence-electron chi connectivity index (χ2n) is 7.47. The number of carbonyl (C=O) groups excluding carboxylic acids is 1. The summed E-state index contributed by atoms with van der Waals surface area (Å²) in [4.78, 5) is 15.0. The monoisotopic (exact) mass is 344 g/mol. The fourth-order valence-electron chi connectivity index (χ4n) is 4.33. The Hall–Kier alpha value is -1.43. The van der Waals surface area contributed by atoms with Crippen LogP contribution < -0.4 is 5.32 Å². The first-order valence-electron chi connectivity index (χ1n) is 9.52. The molecule has 5 heteroatoms. The van der Waals surface area contributed by atoms with Crippen molar-refractivity contribution in [1.82, 2.24) is 10.2 Å². The normalized spacial score (nSPS) is 24.8. The van der Waals surface area contributed by atoms with Crippen molar-refractivity contribution in [2.45, 2.75) is 38.8 Å². The van der Waals surface area contributed by atoms with Crippen molar-refractivity contribution in [3.63, 3.8) is 0 Å². The Morgan fingerprint density at radius 2 is 2.04 bits per heavy atom. The van der Waals surface area contributed by atoms with Gasteiger partial charge >= 0.3 is 0 Å². The minimum Gasteiger partial charge on any atom is -0.381 e. The molecule has 0 bridgehead atoms. The predicted molar refractivity (Wildman–Crippen MR) is 95.4 cm³/mol. The van der Waals surface area contributed by atoms with Gasteiger partial charge in [0.15, 0.2) is 0 Å². The first-order chi connectivity index (χ1) is 12.2. The average Bonchev–Trinajstić information content (AvgIpc) is 2.68. The molecular formula is C20H28N2O3. The van der Waals surface area contributed by atoms with Gasteiger partial charge in [-0.25, -0.2) is 0 Å². The zero-order valence-corrected chi connectivity index (χ0v) is 15.1. The lowest BCUT2D eigenvalue weighted by Gasteiger charge is -2.36. The lowest BCUT2D eigenvalue weighted by Crippen LogP contribution is -2.42. The van der Waals surface area contributed by atoms with Gasteiger partial charge in [0.25, 0.3) is 0 Å². The Labute approximate surface area is 149 Å². The maximum absolute atomic E-state index is 12.9. The number of amides is 1. The van der Waals surface area contributed by atoms with Gasteiger partial charge in [-0.1, -0.05) is 17.7 Å². The van der Waals surface area contributed by atoms with E-state index in [0.29, 0.717) is 25.7 Å². The second-order valence-corrected chi connectivity index (χ2v) is 7.47. The molecule has 0 aromatic heterocycles. The minimum absolute atomic E-state index is 0.139. The van der Waals surface area contributed by atoms with Gasteiger partial charge in [-0.05, 0) is 42.9 Å². The Morgan fingerprint density at radius 3 is 2.80 bits per heavy atom. The number of fused-ring (bicyclic) bond motifs is 1. The summed E-state index contributed by atoms with van der Waals surface area (Å²) < 4.78 is 11.1. The van der Waals surface area contributed by atoms with Crippen molar-refractivity contribution in [2.24, 2.45) is 5.92 Å². The fourth-order valence-corrected chi connectivity index (χ4v) is 4.33. The van der Waals surface area contributed by atoms with Crippen molar-refractivity contribution in [1.29, 1.82) is 0 Å². The lowest BCUT2D eigenvalue weighted by atomic mass is 9.88. The van der Waals surface area contributed by atoms with Crippen LogP contribution in [0.4, 0.5) is 0 Å². The van der Waals surface area contributed by atoms with Crippen LogP contribution in [0, 0.1) is 12.8 Å². The van der Waals surface area contributed by atoms with Gasteiger partial charge in [0, 0.05) is 38.8 Å². The first-order valence-corrected chi connectivity index (χ1v) is 9.52. The van der Waals surface area contributed by atoms with Crippen molar-refractivity contribution >= 4 is 5.91 Å². The van der Waals surface area contributed by atoms with Gasteiger partial charge in [0.2, 0.25) is 5.91 Å². The molecule has 0 unspecified atom stereocenters. The van der Waals surface area contributed by atoms with Crippen LogP contribution >= 0.6 is 0 Å². The van der Waals surface area contributed by atoms with E-state index < -0.39 is 0 Å². The third-order valence-electron chi connectivity index (χ3n) is 5.70. The lowest BCUT2D eigenvalue weighted by molar-refractivity contribution is -0.139. The van der Waals surface area contributed by atoms with E-state index in [9.17, 15) is 4.79 Å². The van der Waals surface area contributed by atoms with Crippen LogP contribution in [0.1, 0.15) is 41.1 Å². The van der Waals surface area contributed by atoms with Crippen LogP contribution in [0.15, 0.2) is 12.1 Å². The smallest absolute Gasteiger partial charge is 0.226 e. The predicted octanol–water partition coefficient (Wildman–Crippen LogP) is 1.97. The molecule has 3 aliphatic heterocycles. The summed E-state index contributed by atoms with van der Waals surface area (Å²) in [6.45, 7) is 7.54. The summed E-state index contributed by atoms with van der Waals surface area (Å²) >= 11 is 0. The molecule has 0 radical (unpaired) electrons. The molecule has 1 aromatic rings. The third kappa shape index (κ3) is 3.59. The highest BCUT2D eigenvalue weighted by Crippen LogP contribution is 2.31. The Balaban J connectivity index is 1.57. The molecule has 1 N–H and O–H groups in total. The van der Waals surface area contributed by atoms with Gasteiger partial charge in [-0.2, -0.15) is 0 Å². The molecule has 0 aliphatic carbocycles. The van der Waals surface area contributed by atoms with Crippen LogP contribution in [-0.4, -0.2) is 50.3 Å². The van der Waals surface area contributed by atoms with Gasteiger partial charge < -0.3 is 19.7 Å². The number of nitrogens with one attached hydrogen (secondary N) is 1. The molecule has 3 aliphatic rings. The molecule has 4 rings (SSSR count). The number of hydrogen-bond donors (Lipinski definition) is 1. The number of carbonyl (C=O) groups is 1. The third-order valence-corrected chi connectivity index (χ3v) is 5.70. The van der Waals surface area contributed by atoms with Crippen LogP contribution in [0.2, 0.25) is 0 Å². The largest absolute Gasteiger partial charge is 0.381 e. The maximum atomic E-state index is 12.9. The molecular weight excluding hydrogens is 316 g/mol. The molecule has 5 nitrogen and oxygen atoms in total. The summed E-state index contributed by atoms with van der Waals surface area (Å²) in [7, 11) is 0. The summed E-state index contributed by atoms with van der Waals surface area (Å²) in [5.74, 6) is 0.452. The molecule has 136 valence electrons. The summed E-state index contributed by atoms with van der Waals surface area (Å²) in [5, 5.41) is 3.58. The summed E-state index contributed by atoms with van der Waals surface area (Å²) in [6, 6.07) is 4.80. The number of aryl methyl sites for hydroxylation is 1. The van der Waals surface area contributed by atoms with Gasteiger partial charge in [-0.15, -0.1) is 0 Å². The second kappa shape index (κ2) is 7.44. The fraction of sp³-hybridized carbons (Fsp3) is 0.650. The summed E-state index contributed by atoms with van der Waals surface area (Å²) in [6.07, 6.45) is 2.68. The van der Waals surface area contributed by atoms with Crippen LogP contribution in [0.5, 0.6) is 0 Å². The minimum atomic E-state index is 0.139. The Bertz CT molecular complexity index is 634. The highest BCUT2D eigenvalue weighted by molar-refractivity contribution is 5.79. The Morgan fingerprint density at radius 1 is 1.20 bits per heavy atom. The van der Waals surface area contributed by atoms with Gasteiger partial charge in [0.05, 0.1) is 19.3 Å². The quantitative estimate of drug-likeness (QED) is 0.891. The van der Waals surface area contributed by atoms with E-state index in [1.165, 1.54) is 22.3 Å². The van der Waals surface area contributed by atoms with E-state index in [2.05, 4.69) is 29.3 Å². The molecule has 1 aromatic carbocycles. The molecule has 25 heavy (non-hydrogen) atoms. The van der Waals surface area contributed by atoms with Crippen molar-refractivity contribution in [3.05, 3.63) is 34.4 Å². The zero-order chi connectivity index (χ0) is 17.2. The average molecular weight is 344 g/mol. The van der Waals surface area contributed by atoms with Crippen molar-refractivity contribution in [2.75, 3.05) is 39.5 Å². The first kappa shape index (κ1) is 17.0. The van der Waals surface area contributed by atoms with Crippen LogP contribution in [-0.2, 0) is 27.2 Å². The van der Waals surface area contributed by atoms with Crippen LogP contribution in [0.25, 0.3) is 0 Å². The number of ether oxygens (including phenoxy) is 2. The Kier molecular flexibility index (Phi) is 5.06. The van der Waals surface area contributed by atoms with E-state index in [4.69, 9.17) is 9.47 Å². The number of morpholine rings is 1. The van der Waals surface area contributed by atoms with Gasteiger partial charge in [0.1, 0.15) is 0 Å². The SMILES string of the molecule is Cc1cc2c(c([C@@H]3COCCN3)c1)CN(C(=O)C1CCOCC1)CC2. The van der Waals surface area contributed by atoms with E-state index in [1.807, 2.05) is 0 Å². The molecule has 0 saturated carbocycles. The molecule has 2 fully saturated rings. The van der Waals surface area contributed by atoms with Crippen molar-refractivity contribution < 1.29 is 14.3 Å².